The summed E-state index contributed by atoms with van der Waals surface area (Å²) in [5, 5.41) is 0.0188. The number of rotatable bonds is 1. The molecule has 0 amide bonds. The monoisotopic (exact) mass is 254 g/mol. The fourth-order valence-corrected chi connectivity index (χ4v) is 8.52. The molecular weight excluding hydrogens is 239 g/mol. The minimum atomic E-state index is -1.37. The van der Waals surface area contributed by atoms with Gasteiger partial charge < -0.3 is 0 Å². The van der Waals surface area contributed by atoms with Crippen LogP contribution in [0, 0.1) is 0 Å². The first kappa shape index (κ1) is 11.4. The largest absolute Gasteiger partial charge is 0.115 e. The molecule has 0 radical (unpaired) electrons. The van der Waals surface area contributed by atoms with Crippen LogP contribution in [0.1, 0.15) is 13.8 Å². The van der Waals surface area contributed by atoms with E-state index in [1.54, 1.807) is 0 Å². The van der Waals surface area contributed by atoms with Crippen molar-refractivity contribution in [3.8, 4) is 0 Å². The molecule has 0 saturated carbocycles. The number of hydrogen-bond donors (Lipinski definition) is 0. The predicted octanol–water partition coefficient (Wildman–Crippen LogP) is 3.79. The van der Waals surface area contributed by atoms with Gasteiger partial charge in [-0.3, -0.25) is 0 Å². The molecule has 0 spiro atoms. The fraction of sp³-hybridized carbons (Fsp3) is 0.333. The van der Waals surface area contributed by atoms with Gasteiger partial charge in [0, 0.05) is 17.2 Å². The van der Waals surface area contributed by atoms with Crippen LogP contribution in [0.5, 0.6) is 0 Å². The van der Waals surface area contributed by atoms with Crippen molar-refractivity contribution in [2.24, 2.45) is 0 Å². The van der Waals surface area contributed by atoms with Crippen LogP contribution in [0.2, 0.25) is 0 Å². The zero-order chi connectivity index (χ0) is 10.9. The van der Waals surface area contributed by atoms with E-state index in [0.717, 1.165) is 11.9 Å². The number of benzene rings is 1. The van der Waals surface area contributed by atoms with Crippen molar-refractivity contribution in [1.29, 1.82) is 0 Å². The molecule has 15 heavy (non-hydrogen) atoms. The van der Waals surface area contributed by atoms with Gasteiger partial charge in [0.2, 0.25) is 0 Å². The van der Waals surface area contributed by atoms with E-state index in [0.29, 0.717) is 0 Å². The standard InChI is InChI=1S/C12H15PS2/c1-10-8-13(14,15-9-11(10)2)12-6-4-3-5-7-12/h3-7H,8-9H2,1-2H3. The third-order valence-corrected chi connectivity index (χ3v) is 10.4. The Hall–Kier alpha value is -0.0400. The zero-order valence-corrected chi connectivity index (χ0v) is 11.6. The van der Waals surface area contributed by atoms with Gasteiger partial charge in [0.1, 0.15) is 0 Å². The average Bonchev–Trinajstić information content (AvgIpc) is 2.26. The van der Waals surface area contributed by atoms with Gasteiger partial charge in [-0.05, 0) is 19.2 Å². The summed E-state index contributed by atoms with van der Waals surface area (Å²) in [4.78, 5) is 0. The Balaban J connectivity index is 2.35. The van der Waals surface area contributed by atoms with Crippen molar-refractivity contribution in [1.82, 2.24) is 0 Å². The molecule has 1 aromatic carbocycles. The summed E-state index contributed by atoms with van der Waals surface area (Å²) in [6.07, 6.45) is 1.11. The first-order valence-corrected chi connectivity index (χ1v) is 9.64. The minimum Gasteiger partial charge on any atom is -0.115 e. The maximum absolute atomic E-state index is 5.89. The molecule has 0 N–H and O–H groups in total. The van der Waals surface area contributed by atoms with Gasteiger partial charge in [0.05, 0.1) is 0 Å². The van der Waals surface area contributed by atoms with Crippen molar-refractivity contribution in [3.05, 3.63) is 41.5 Å². The smallest absolute Gasteiger partial charge is 0.0379 e. The van der Waals surface area contributed by atoms with Crippen LogP contribution in [0.3, 0.4) is 0 Å². The van der Waals surface area contributed by atoms with E-state index in [2.05, 4.69) is 44.2 Å². The molecule has 0 aliphatic carbocycles. The molecule has 1 aliphatic rings. The highest BCUT2D eigenvalue weighted by Gasteiger charge is 2.25. The van der Waals surface area contributed by atoms with Crippen LogP contribution in [-0.2, 0) is 11.8 Å². The summed E-state index contributed by atoms with van der Waals surface area (Å²) < 4.78 is 0. The van der Waals surface area contributed by atoms with E-state index >= 15 is 0 Å². The van der Waals surface area contributed by atoms with Gasteiger partial charge in [-0.2, -0.15) is 0 Å². The highest BCUT2D eigenvalue weighted by Crippen LogP contribution is 2.61. The van der Waals surface area contributed by atoms with E-state index in [1.807, 2.05) is 11.4 Å². The van der Waals surface area contributed by atoms with Crippen molar-refractivity contribution >= 4 is 33.7 Å². The van der Waals surface area contributed by atoms with Gasteiger partial charge >= 0.3 is 0 Å². The first-order chi connectivity index (χ1) is 7.12. The van der Waals surface area contributed by atoms with Gasteiger partial charge in [0.15, 0.2) is 0 Å². The molecule has 0 saturated heterocycles. The van der Waals surface area contributed by atoms with E-state index in [9.17, 15) is 0 Å². The Kier molecular flexibility index (Phi) is 3.39. The maximum atomic E-state index is 5.89. The normalized spacial score (nSPS) is 26.8. The van der Waals surface area contributed by atoms with Crippen molar-refractivity contribution in [2.75, 3.05) is 11.9 Å². The van der Waals surface area contributed by atoms with Crippen LogP contribution in [-0.4, -0.2) is 11.9 Å². The zero-order valence-electron chi connectivity index (χ0n) is 9.06. The lowest BCUT2D eigenvalue weighted by molar-refractivity contribution is 1.24. The third-order valence-electron chi connectivity index (χ3n) is 2.81. The lowest BCUT2D eigenvalue weighted by Crippen LogP contribution is -2.10. The molecule has 1 atom stereocenters. The van der Waals surface area contributed by atoms with Gasteiger partial charge in [0.25, 0.3) is 0 Å². The molecule has 3 heteroatoms. The quantitative estimate of drug-likeness (QED) is 0.552. The lowest BCUT2D eigenvalue weighted by atomic mass is 10.2. The Labute approximate surface area is 101 Å². The van der Waals surface area contributed by atoms with Crippen molar-refractivity contribution < 1.29 is 0 Å². The predicted molar refractivity (Wildman–Crippen MR) is 76.1 cm³/mol. The third kappa shape index (κ3) is 2.38. The summed E-state index contributed by atoms with van der Waals surface area (Å²) >= 11 is 7.89. The lowest BCUT2D eigenvalue weighted by Gasteiger charge is -2.28. The number of allylic oxidation sites excluding steroid dienone is 1. The van der Waals surface area contributed by atoms with Gasteiger partial charge in [-0.15, -0.1) is 11.4 Å². The Morgan fingerprint density at radius 2 is 1.80 bits per heavy atom. The van der Waals surface area contributed by atoms with Crippen LogP contribution < -0.4 is 5.30 Å². The summed E-state index contributed by atoms with van der Waals surface area (Å²) in [6, 6.07) is 10.7. The SMILES string of the molecule is CC1=C(C)CP(=S)(c2ccccc2)SC1. The fourth-order valence-electron chi connectivity index (χ4n) is 1.64. The van der Waals surface area contributed by atoms with Crippen LogP contribution >= 0.6 is 16.6 Å². The molecule has 0 fully saturated rings. The molecule has 1 aromatic rings. The summed E-state index contributed by atoms with van der Waals surface area (Å²) in [6.45, 7) is 4.46. The van der Waals surface area contributed by atoms with Crippen LogP contribution in [0.25, 0.3) is 0 Å². The van der Waals surface area contributed by atoms with Gasteiger partial charge in [-0.1, -0.05) is 53.3 Å². The Bertz CT molecular complexity index is 434. The summed E-state index contributed by atoms with van der Waals surface area (Å²) in [7, 11) is 0. The molecule has 1 aliphatic heterocycles. The molecule has 1 heterocycles. The molecule has 1 unspecified atom stereocenters. The molecular formula is C12H15PS2. The Morgan fingerprint density at radius 3 is 2.40 bits per heavy atom. The van der Waals surface area contributed by atoms with Crippen LogP contribution in [0.15, 0.2) is 41.5 Å². The molecule has 2 rings (SSSR count). The molecule has 0 nitrogen and oxygen atoms in total. The van der Waals surface area contributed by atoms with E-state index in [4.69, 9.17) is 11.8 Å². The molecule has 0 bridgehead atoms. The summed E-state index contributed by atoms with van der Waals surface area (Å²) in [5.41, 5.74) is 3.04. The Morgan fingerprint density at radius 1 is 1.13 bits per heavy atom. The topological polar surface area (TPSA) is 0 Å². The second-order valence-electron chi connectivity index (χ2n) is 4.00. The molecule has 80 valence electrons. The first-order valence-electron chi connectivity index (χ1n) is 5.06. The second kappa shape index (κ2) is 4.45. The van der Waals surface area contributed by atoms with Crippen molar-refractivity contribution in [2.45, 2.75) is 13.8 Å². The van der Waals surface area contributed by atoms with E-state index in [1.165, 1.54) is 16.5 Å². The average molecular weight is 254 g/mol. The molecule has 0 aromatic heterocycles. The van der Waals surface area contributed by atoms with Crippen LogP contribution in [0.4, 0.5) is 0 Å². The van der Waals surface area contributed by atoms with Gasteiger partial charge in [-0.25, -0.2) is 0 Å². The maximum Gasteiger partial charge on any atom is 0.0379 e. The summed E-state index contributed by atoms with van der Waals surface area (Å²) in [5.74, 6) is 1.12. The number of hydrogen-bond acceptors (Lipinski definition) is 2. The van der Waals surface area contributed by atoms with E-state index in [-0.39, 0.29) is 0 Å². The van der Waals surface area contributed by atoms with E-state index < -0.39 is 5.24 Å². The minimum absolute atomic E-state index is 1.11. The second-order valence-corrected chi connectivity index (χ2v) is 11.9. The highest BCUT2D eigenvalue weighted by molar-refractivity contribution is 8.73. The van der Waals surface area contributed by atoms with Crippen molar-refractivity contribution in [3.63, 3.8) is 0 Å². The highest BCUT2D eigenvalue weighted by atomic mass is 32.9.